The molecule has 162 valence electrons. The Hall–Kier alpha value is -2.65. The molecule has 0 fully saturated rings. The lowest BCUT2D eigenvalue weighted by Gasteiger charge is -2.29. The summed E-state index contributed by atoms with van der Waals surface area (Å²) in [7, 11) is -3.73. The van der Waals surface area contributed by atoms with Crippen molar-refractivity contribution in [1.82, 2.24) is 5.32 Å². The molecule has 2 aromatic rings. The molecule has 30 heavy (non-hydrogen) atoms. The number of benzene rings is 2. The summed E-state index contributed by atoms with van der Waals surface area (Å²) >= 11 is 5.82. The van der Waals surface area contributed by atoms with Gasteiger partial charge in [-0.15, -0.1) is 0 Å². The molecule has 3 rings (SSSR count). The van der Waals surface area contributed by atoms with Gasteiger partial charge >= 0.3 is 0 Å². The number of hydrogen-bond donors (Lipinski definition) is 1. The van der Waals surface area contributed by atoms with Gasteiger partial charge in [0.25, 0.3) is 0 Å². The van der Waals surface area contributed by atoms with Crippen molar-refractivity contribution in [3.63, 3.8) is 0 Å². The number of sulfonamides is 1. The molecule has 1 heterocycles. The number of hydrogen-bond acceptors (Lipinski definition) is 6. The Bertz CT molecular complexity index is 997. The minimum absolute atomic E-state index is 0.213. The average Bonchev–Trinajstić information content (AvgIpc) is 2.71. The summed E-state index contributed by atoms with van der Waals surface area (Å²) in [5.74, 6) is 1.15. The van der Waals surface area contributed by atoms with Gasteiger partial charge < -0.3 is 19.5 Å². The van der Waals surface area contributed by atoms with Gasteiger partial charge in [-0.2, -0.15) is 0 Å². The number of carbonyl (C=O) groups is 1. The van der Waals surface area contributed by atoms with Crippen molar-refractivity contribution in [2.45, 2.75) is 13.0 Å². The van der Waals surface area contributed by atoms with Crippen LogP contribution in [-0.2, 0) is 14.8 Å². The Morgan fingerprint density at radius 2 is 1.83 bits per heavy atom. The first-order chi connectivity index (χ1) is 14.3. The number of rotatable bonds is 8. The molecular weight excluding hydrogens is 432 g/mol. The fourth-order valence-electron chi connectivity index (χ4n) is 3.00. The number of amides is 1. The first kappa shape index (κ1) is 22.0. The zero-order valence-corrected chi connectivity index (χ0v) is 18.2. The smallest absolute Gasteiger partial charge is 0.243 e. The predicted molar refractivity (Wildman–Crippen MR) is 114 cm³/mol. The van der Waals surface area contributed by atoms with Crippen LogP contribution in [0.2, 0.25) is 5.02 Å². The molecule has 0 aliphatic carbocycles. The normalized spacial score (nSPS) is 14.0. The molecule has 0 bridgehead atoms. The number of anilines is 1. The van der Waals surface area contributed by atoms with Gasteiger partial charge in [-0.05, 0) is 43.3 Å². The SMILES string of the molecule is C[C@@H](C(=O)NCCOc1ccc(Cl)cc1)N(c1ccc2c(c1)OCCO2)S(C)(=O)=O. The van der Waals surface area contributed by atoms with E-state index in [1.165, 1.54) is 6.92 Å². The van der Waals surface area contributed by atoms with E-state index in [2.05, 4.69) is 5.32 Å². The molecule has 8 nitrogen and oxygen atoms in total. The number of fused-ring (bicyclic) bond motifs is 1. The van der Waals surface area contributed by atoms with Crippen molar-refractivity contribution >= 4 is 33.2 Å². The Balaban J connectivity index is 1.64. The maximum Gasteiger partial charge on any atom is 0.243 e. The molecule has 1 atom stereocenters. The molecule has 1 N–H and O–H groups in total. The molecule has 2 aromatic carbocycles. The molecule has 0 unspecified atom stereocenters. The Morgan fingerprint density at radius 3 is 2.50 bits per heavy atom. The first-order valence-electron chi connectivity index (χ1n) is 9.31. The van der Waals surface area contributed by atoms with Gasteiger partial charge in [-0.25, -0.2) is 8.42 Å². The summed E-state index contributed by atoms with van der Waals surface area (Å²) in [4.78, 5) is 12.6. The van der Waals surface area contributed by atoms with Crippen LogP contribution in [0, 0.1) is 0 Å². The maximum atomic E-state index is 12.6. The van der Waals surface area contributed by atoms with Gasteiger partial charge in [-0.3, -0.25) is 9.10 Å². The van der Waals surface area contributed by atoms with Crippen LogP contribution in [0.15, 0.2) is 42.5 Å². The van der Waals surface area contributed by atoms with Crippen molar-refractivity contribution in [2.75, 3.05) is 36.9 Å². The van der Waals surface area contributed by atoms with Crippen LogP contribution in [-0.4, -0.2) is 53.0 Å². The predicted octanol–water partition coefficient (Wildman–Crippen LogP) is 2.46. The second-order valence-corrected chi connectivity index (χ2v) is 8.95. The monoisotopic (exact) mass is 454 g/mol. The van der Waals surface area contributed by atoms with Crippen molar-refractivity contribution in [3.05, 3.63) is 47.5 Å². The molecular formula is C20H23ClN2O6S. The van der Waals surface area contributed by atoms with Gasteiger partial charge in [0, 0.05) is 11.1 Å². The summed E-state index contributed by atoms with van der Waals surface area (Å²) in [5, 5.41) is 3.30. The average molecular weight is 455 g/mol. The highest BCUT2D eigenvalue weighted by molar-refractivity contribution is 7.92. The van der Waals surface area contributed by atoms with Crippen LogP contribution in [0.3, 0.4) is 0 Å². The summed E-state index contributed by atoms with van der Waals surface area (Å²) in [6.45, 7) is 2.76. The molecule has 0 saturated heterocycles. The van der Waals surface area contributed by atoms with Gasteiger partial charge in [0.05, 0.1) is 18.5 Å². The van der Waals surface area contributed by atoms with Crippen molar-refractivity contribution in [1.29, 1.82) is 0 Å². The van der Waals surface area contributed by atoms with Crippen LogP contribution in [0.4, 0.5) is 5.69 Å². The first-order valence-corrected chi connectivity index (χ1v) is 11.5. The molecule has 1 aliphatic heterocycles. The zero-order valence-electron chi connectivity index (χ0n) is 16.6. The highest BCUT2D eigenvalue weighted by Crippen LogP contribution is 2.35. The van der Waals surface area contributed by atoms with E-state index in [4.69, 9.17) is 25.8 Å². The summed E-state index contributed by atoms with van der Waals surface area (Å²) in [5.41, 5.74) is 0.321. The van der Waals surface area contributed by atoms with Crippen LogP contribution in [0.1, 0.15) is 6.92 Å². The quantitative estimate of drug-likeness (QED) is 0.616. The molecule has 0 radical (unpaired) electrons. The van der Waals surface area contributed by atoms with E-state index in [9.17, 15) is 13.2 Å². The van der Waals surface area contributed by atoms with E-state index in [1.54, 1.807) is 42.5 Å². The van der Waals surface area contributed by atoms with Gasteiger partial charge in [0.2, 0.25) is 15.9 Å². The summed E-state index contributed by atoms with van der Waals surface area (Å²) in [6, 6.07) is 10.7. The standard InChI is InChI=1S/C20H23ClN2O6S/c1-14(20(24)22-9-10-27-17-6-3-15(21)4-7-17)23(30(2,25)26)16-5-8-18-19(13-16)29-12-11-28-18/h3-8,13-14H,9-12H2,1-2H3,(H,22,24)/t14-/m0/s1. The Morgan fingerprint density at radius 1 is 1.17 bits per heavy atom. The van der Waals surface area contributed by atoms with Crippen LogP contribution >= 0.6 is 11.6 Å². The minimum Gasteiger partial charge on any atom is -0.492 e. The van der Waals surface area contributed by atoms with E-state index in [0.29, 0.717) is 41.2 Å². The highest BCUT2D eigenvalue weighted by atomic mass is 35.5. The van der Waals surface area contributed by atoms with Gasteiger partial charge in [0.1, 0.15) is 31.6 Å². The van der Waals surface area contributed by atoms with E-state index in [0.717, 1.165) is 10.6 Å². The van der Waals surface area contributed by atoms with E-state index >= 15 is 0 Å². The topological polar surface area (TPSA) is 94.2 Å². The van der Waals surface area contributed by atoms with E-state index in [1.807, 2.05) is 0 Å². The summed E-state index contributed by atoms with van der Waals surface area (Å²) < 4.78 is 42.4. The number of halogens is 1. The third kappa shape index (κ3) is 5.48. The Kier molecular flexibility index (Phi) is 6.94. The molecule has 0 saturated carbocycles. The van der Waals surface area contributed by atoms with Crippen LogP contribution < -0.4 is 23.8 Å². The fourth-order valence-corrected chi connectivity index (χ4v) is 4.29. The second kappa shape index (κ2) is 9.44. The van der Waals surface area contributed by atoms with Crippen molar-refractivity contribution < 1.29 is 27.4 Å². The Labute approximate surface area is 180 Å². The third-order valence-electron chi connectivity index (χ3n) is 4.35. The molecule has 10 heteroatoms. The van der Waals surface area contributed by atoms with E-state index in [-0.39, 0.29) is 13.2 Å². The van der Waals surface area contributed by atoms with E-state index < -0.39 is 22.0 Å². The fraction of sp³-hybridized carbons (Fsp3) is 0.350. The highest BCUT2D eigenvalue weighted by Gasteiger charge is 2.30. The lowest BCUT2D eigenvalue weighted by atomic mass is 10.2. The van der Waals surface area contributed by atoms with Crippen molar-refractivity contribution in [2.24, 2.45) is 0 Å². The summed E-state index contributed by atoms with van der Waals surface area (Å²) in [6.07, 6.45) is 1.05. The number of ether oxygens (including phenoxy) is 3. The second-order valence-electron chi connectivity index (χ2n) is 6.66. The van der Waals surface area contributed by atoms with Gasteiger partial charge in [-0.1, -0.05) is 11.6 Å². The number of nitrogens with zero attached hydrogens (tertiary/aromatic N) is 1. The maximum absolute atomic E-state index is 12.6. The molecule has 0 aromatic heterocycles. The molecule has 1 aliphatic rings. The van der Waals surface area contributed by atoms with Crippen molar-refractivity contribution in [3.8, 4) is 17.2 Å². The van der Waals surface area contributed by atoms with Gasteiger partial charge in [0.15, 0.2) is 11.5 Å². The molecule has 1 amide bonds. The minimum atomic E-state index is -3.73. The lowest BCUT2D eigenvalue weighted by Crippen LogP contribution is -2.48. The number of carbonyl (C=O) groups excluding carboxylic acids is 1. The van der Waals surface area contributed by atoms with Crippen LogP contribution in [0.5, 0.6) is 17.2 Å². The lowest BCUT2D eigenvalue weighted by molar-refractivity contribution is -0.121. The largest absolute Gasteiger partial charge is 0.492 e. The van der Waals surface area contributed by atoms with Crippen LogP contribution in [0.25, 0.3) is 0 Å². The third-order valence-corrected chi connectivity index (χ3v) is 5.85. The molecule has 0 spiro atoms. The zero-order chi connectivity index (χ0) is 21.7. The number of nitrogens with one attached hydrogen (secondary N) is 1.